The van der Waals surface area contributed by atoms with Crippen molar-refractivity contribution >= 4 is 23.4 Å². The van der Waals surface area contributed by atoms with E-state index < -0.39 is 28.9 Å². The molecular weight excluding hydrogens is 284 g/mol. The van der Waals surface area contributed by atoms with Gasteiger partial charge in [0.2, 0.25) is 0 Å². The number of thioether (sulfide) groups is 1. The van der Waals surface area contributed by atoms with Gasteiger partial charge in [-0.3, -0.25) is 4.79 Å². The van der Waals surface area contributed by atoms with E-state index in [1.165, 1.54) is 11.8 Å². The maximum Gasteiger partial charge on any atom is 0.262 e. The summed E-state index contributed by atoms with van der Waals surface area (Å²) in [5.74, 6) is -3.62. The van der Waals surface area contributed by atoms with Gasteiger partial charge in [0.1, 0.15) is 22.9 Å². The van der Waals surface area contributed by atoms with Gasteiger partial charge in [0.15, 0.2) is 0 Å². The molecule has 0 aliphatic rings. The highest BCUT2D eigenvalue weighted by molar-refractivity contribution is 7.98. The Morgan fingerprint density at radius 1 is 1.25 bits per heavy atom. The van der Waals surface area contributed by atoms with Gasteiger partial charge in [0.25, 0.3) is 5.91 Å². The first-order valence-corrected chi connectivity index (χ1v) is 6.87. The van der Waals surface area contributed by atoms with Crippen molar-refractivity contribution in [3.63, 3.8) is 0 Å². The Morgan fingerprint density at radius 3 is 2.65 bits per heavy atom. The molecule has 0 aliphatic carbocycles. The van der Waals surface area contributed by atoms with Crippen LogP contribution in [0.5, 0.6) is 5.75 Å². The maximum absolute atomic E-state index is 13.5. The van der Waals surface area contributed by atoms with E-state index in [2.05, 4.69) is 5.32 Å². The van der Waals surface area contributed by atoms with Gasteiger partial charge in [-0.1, -0.05) is 6.07 Å². The Bertz CT molecular complexity index is 638. The zero-order valence-corrected chi connectivity index (χ0v) is 11.3. The minimum absolute atomic E-state index is 0.463. The normalized spacial score (nSPS) is 10.3. The second kappa shape index (κ2) is 5.92. The zero-order valence-electron chi connectivity index (χ0n) is 10.5. The van der Waals surface area contributed by atoms with E-state index in [-0.39, 0.29) is 0 Å². The molecule has 0 aliphatic heterocycles. The molecule has 2 aromatic carbocycles. The molecule has 0 aromatic heterocycles. The monoisotopic (exact) mass is 295 g/mol. The largest absolute Gasteiger partial charge is 0.507 e. The summed E-state index contributed by atoms with van der Waals surface area (Å²) in [5, 5.41) is 11.9. The second-order valence-corrected chi connectivity index (χ2v) is 4.85. The molecule has 1 amide bonds. The van der Waals surface area contributed by atoms with E-state index in [1.807, 2.05) is 12.3 Å². The highest BCUT2D eigenvalue weighted by atomic mass is 32.2. The molecule has 2 aromatic rings. The van der Waals surface area contributed by atoms with Crippen LogP contribution in [0, 0.1) is 11.6 Å². The number of nitrogens with one attached hydrogen (secondary N) is 1. The number of hydrogen-bond acceptors (Lipinski definition) is 3. The van der Waals surface area contributed by atoms with Crippen LogP contribution in [0.3, 0.4) is 0 Å². The standard InChI is InChI=1S/C14H11F2NO2S/c1-20-10-4-2-3-9(7-10)17-14(19)13-11(16)5-8(15)6-12(13)18/h2-7,18H,1H3,(H,17,19). The van der Waals surface area contributed by atoms with E-state index in [1.54, 1.807) is 18.2 Å². The number of carbonyl (C=O) groups excluding carboxylic acids is 1. The summed E-state index contributed by atoms with van der Waals surface area (Å²) in [6.45, 7) is 0. The summed E-state index contributed by atoms with van der Waals surface area (Å²) in [4.78, 5) is 12.8. The minimum atomic E-state index is -1.11. The van der Waals surface area contributed by atoms with Crippen molar-refractivity contribution in [1.82, 2.24) is 0 Å². The first-order valence-electron chi connectivity index (χ1n) is 5.64. The summed E-state index contributed by atoms with van der Waals surface area (Å²) in [6, 6.07) is 8.18. The lowest BCUT2D eigenvalue weighted by Crippen LogP contribution is -2.14. The van der Waals surface area contributed by atoms with Crippen molar-refractivity contribution in [2.45, 2.75) is 4.90 Å². The number of hydrogen-bond donors (Lipinski definition) is 2. The number of benzene rings is 2. The predicted octanol–water partition coefficient (Wildman–Crippen LogP) is 3.64. The Morgan fingerprint density at radius 2 is 2.00 bits per heavy atom. The summed E-state index contributed by atoms with van der Waals surface area (Å²) in [7, 11) is 0. The number of rotatable bonds is 3. The van der Waals surface area contributed by atoms with Gasteiger partial charge in [-0.05, 0) is 24.5 Å². The molecule has 6 heteroatoms. The Hall–Kier alpha value is -2.08. The van der Waals surface area contributed by atoms with Crippen molar-refractivity contribution < 1.29 is 18.7 Å². The molecule has 20 heavy (non-hydrogen) atoms. The zero-order chi connectivity index (χ0) is 14.7. The summed E-state index contributed by atoms with van der Waals surface area (Å²) >= 11 is 1.49. The second-order valence-electron chi connectivity index (χ2n) is 3.97. The van der Waals surface area contributed by atoms with Crippen LogP contribution in [0.4, 0.5) is 14.5 Å². The first kappa shape index (κ1) is 14.3. The molecule has 0 atom stereocenters. The fourth-order valence-corrected chi connectivity index (χ4v) is 2.14. The molecular formula is C14H11F2NO2S. The third-order valence-electron chi connectivity index (χ3n) is 2.59. The first-order chi connectivity index (χ1) is 9.51. The number of aromatic hydroxyl groups is 1. The molecule has 0 radical (unpaired) electrons. The molecule has 0 unspecified atom stereocenters. The van der Waals surface area contributed by atoms with Gasteiger partial charge >= 0.3 is 0 Å². The molecule has 0 saturated heterocycles. The van der Waals surface area contributed by atoms with Crippen LogP contribution in [-0.2, 0) is 0 Å². The van der Waals surface area contributed by atoms with Crippen LogP contribution in [0.2, 0.25) is 0 Å². The lowest BCUT2D eigenvalue weighted by atomic mass is 10.1. The van der Waals surface area contributed by atoms with Crippen LogP contribution < -0.4 is 5.32 Å². The van der Waals surface area contributed by atoms with E-state index in [9.17, 15) is 18.7 Å². The quantitative estimate of drug-likeness (QED) is 0.850. The van der Waals surface area contributed by atoms with Gasteiger partial charge in [-0.15, -0.1) is 11.8 Å². The maximum atomic E-state index is 13.5. The topological polar surface area (TPSA) is 49.3 Å². The molecule has 0 fully saturated rings. The minimum Gasteiger partial charge on any atom is -0.507 e. The van der Waals surface area contributed by atoms with Crippen LogP contribution >= 0.6 is 11.8 Å². The molecule has 3 nitrogen and oxygen atoms in total. The summed E-state index contributed by atoms with van der Waals surface area (Å²) < 4.78 is 26.4. The predicted molar refractivity (Wildman–Crippen MR) is 74.2 cm³/mol. The number of phenolic OH excluding ortho intramolecular Hbond substituents is 1. The van der Waals surface area contributed by atoms with E-state index in [0.29, 0.717) is 17.8 Å². The van der Waals surface area contributed by atoms with E-state index in [4.69, 9.17) is 0 Å². The number of anilines is 1. The van der Waals surface area contributed by atoms with Crippen LogP contribution in [-0.4, -0.2) is 17.3 Å². The smallest absolute Gasteiger partial charge is 0.262 e. The van der Waals surface area contributed by atoms with Crippen molar-refractivity contribution in [1.29, 1.82) is 0 Å². The molecule has 2 N–H and O–H groups in total. The summed E-state index contributed by atoms with van der Waals surface area (Å²) in [6.07, 6.45) is 1.88. The fourth-order valence-electron chi connectivity index (χ4n) is 1.68. The summed E-state index contributed by atoms with van der Waals surface area (Å²) in [5.41, 5.74) is -0.120. The van der Waals surface area contributed by atoms with E-state index >= 15 is 0 Å². The number of amides is 1. The van der Waals surface area contributed by atoms with Gasteiger partial charge < -0.3 is 10.4 Å². The third-order valence-corrected chi connectivity index (χ3v) is 3.31. The average molecular weight is 295 g/mol. The molecule has 2 rings (SSSR count). The Balaban J connectivity index is 2.28. The van der Waals surface area contributed by atoms with Gasteiger partial charge in [-0.2, -0.15) is 0 Å². The van der Waals surface area contributed by atoms with E-state index in [0.717, 1.165) is 4.90 Å². The van der Waals surface area contributed by atoms with Crippen molar-refractivity contribution in [3.05, 3.63) is 53.6 Å². The molecule has 0 bridgehead atoms. The van der Waals surface area contributed by atoms with Crippen LogP contribution in [0.15, 0.2) is 41.3 Å². The fraction of sp³-hybridized carbons (Fsp3) is 0.0714. The third kappa shape index (κ3) is 3.08. The number of halogens is 2. The van der Waals surface area contributed by atoms with Gasteiger partial charge in [0.05, 0.1) is 0 Å². The Labute approximate surface area is 118 Å². The molecule has 104 valence electrons. The molecule has 0 spiro atoms. The van der Waals surface area contributed by atoms with Crippen molar-refractivity contribution in [2.75, 3.05) is 11.6 Å². The SMILES string of the molecule is CSc1cccc(NC(=O)c2c(O)cc(F)cc2F)c1. The highest BCUT2D eigenvalue weighted by Crippen LogP contribution is 2.24. The van der Waals surface area contributed by atoms with Crippen molar-refractivity contribution in [3.8, 4) is 5.75 Å². The Kier molecular flexibility index (Phi) is 4.24. The van der Waals surface area contributed by atoms with Crippen molar-refractivity contribution in [2.24, 2.45) is 0 Å². The lowest BCUT2D eigenvalue weighted by Gasteiger charge is -2.09. The lowest BCUT2D eigenvalue weighted by molar-refractivity contribution is 0.102. The number of phenols is 1. The molecule has 0 heterocycles. The highest BCUT2D eigenvalue weighted by Gasteiger charge is 2.18. The molecule has 0 saturated carbocycles. The van der Waals surface area contributed by atoms with Gasteiger partial charge in [0, 0.05) is 22.7 Å². The average Bonchev–Trinajstić information content (AvgIpc) is 2.37. The van der Waals surface area contributed by atoms with Crippen LogP contribution in [0.1, 0.15) is 10.4 Å². The van der Waals surface area contributed by atoms with Gasteiger partial charge in [-0.25, -0.2) is 8.78 Å². The number of carbonyl (C=O) groups is 1. The van der Waals surface area contributed by atoms with Crippen LogP contribution in [0.25, 0.3) is 0 Å².